The molecule has 120 valence electrons. The van der Waals surface area contributed by atoms with Crippen LogP contribution in [0.1, 0.15) is 39.5 Å². The molecule has 1 aliphatic heterocycles. The van der Waals surface area contributed by atoms with Gasteiger partial charge in [0.05, 0.1) is 5.92 Å². The number of rotatable bonds is 5. The molecule has 1 atom stereocenters. The predicted octanol–water partition coefficient (Wildman–Crippen LogP) is 0.524. The summed E-state index contributed by atoms with van der Waals surface area (Å²) in [5.41, 5.74) is 4.79. The molecule has 1 unspecified atom stereocenters. The Hall–Kier alpha value is -1.79. The van der Waals surface area contributed by atoms with Crippen LogP contribution in [0.3, 0.4) is 0 Å². The number of nitrogens with one attached hydrogen (secondary N) is 1. The third kappa shape index (κ3) is 3.28. The Morgan fingerprint density at radius 2 is 2.05 bits per heavy atom. The Balaban J connectivity index is 2.97. The predicted molar refractivity (Wildman–Crippen MR) is 79.8 cm³/mol. The van der Waals surface area contributed by atoms with Crippen LogP contribution in [0.4, 0.5) is 0 Å². The zero-order chi connectivity index (χ0) is 16.0. The fraction of sp³-hybridized carbons (Fsp3) is 0.786. The lowest BCUT2D eigenvalue weighted by atomic mass is 9.79. The highest BCUT2D eigenvalue weighted by molar-refractivity contribution is 6.06. The van der Waals surface area contributed by atoms with E-state index in [1.54, 1.807) is 11.9 Å². The summed E-state index contributed by atoms with van der Waals surface area (Å²) < 4.78 is 0. The van der Waals surface area contributed by atoms with Crippen LogP contribution >= 0.6 is 0 Å². The molecule has 1 saturated heterocycles. The van der Waals surface area contributed by atoms with Gasteiger partial charge in [-0.2, -0.15) is 0 Å². The number of carbonyl (C=O) groups is 2. The average Bonchev–Trinajstić information content (AvgIpc) is 2.55. The minimum absolute atomic E-state index is 0.0464. The standard InChI is InChI=1S/C14H26N4O3/c1-4-14(5-2,12(15)17-21)13(20)18-8-6-7-10(9-18)11(19)16-3/h10,21H,4-9H2,1-3H3,(H2,15,17)(H,16,19). The van der Waals surface area contributed by atoms with Gasteiger partial charge in [0.15, 0.2) is 5.84 Å². The number of nitrogens with two attached hydrogens (primary N) is 1. The Bertz CT molecular complexity index is 418. The monoisotopic (exact) mass is 298 g/mol. The van der Waals surface area contributed by atoms with Gasteiger partial charge in [-0.15, -0.1) is 0 Å². The Morgan fingerprint density at radius 3 is 2.52 bits per heavy atom. The van der Waals surface area contributed by atoms with E-state index in [0.717, 1.165) is 12.8 Å². The Kier molecular flexibility index (Phi) is 5.99. The SMILES string of the molecule is CCC(CC)(C(=O)N1CCCC(C(=O)NC)C1)C(N)=NO. The van der Waals surface area contributed by atoms with E-state index < -0.39 is 5.41 Å². The van der Waals surface area contributed by atoms with Gasteiger partial charge in [-0.1, -0.05) is 19.0 Å². The largest absolute Gasteiger partial charge is 0.409 e. The van der Waals surface area contributed by atoms with Gasteiger partial charge in [0.25, 0.3) is 0 Å². The smallest absolute Gasteiger partial charge is 0.236 e. The summed E-state index contributed by atoms with van der Waals surface area (Å²) >= 11 is 0. The number of carbonyl (C=O) groups excluding carboxylic acids is 2. The fourth-order valence-electron chi connectivity index (χ4n) is 3.00. The topological polar surface area (TPSA) is 108 Å². The van der Waals surface area contributed by atoms with E-state index in [-0.39, 0.29) is 23.6 Å². The number of piperidine rings is 1. The van der Waals surface area contributed by atoms with Gasteiger partial charge in [0.2, 0.25) is 11.8 Å². The van der Waals surface area contributed by atoms with Crippen molar-refractivity contribution in [2.75, 3.05) is 20.1 Å². The second-order valence-corrected chi connectivity index (χ2v) is 5.48. The molecular weight excluding hydrogens is 272 g/mol. The summed E-state index contributed by atoms with van der Waals surface area (Å²) in [7, 11) is 1.60. The molecule has 0 saturated carbocycles. The summed E-state index contributed by atoms with van der Waals surface area (Å²) in [5, 5.41) is 14.7. The van der Waals surface area contributed by atoms with Crippen LogP contribution in [-0.4, -0.2) is 47.9 Å². The number of hydrogen-bond acceptors (Lipinski definition) is 4. The normalized spacial score (nSPS) is 20.2. The average molecular weight is 298 g/mol. The third-order valence-electron chi connectivity index (χ3n) is 4.54. The maximum atomic E-state index is 12.9. The van der Waals surface area contributed by atoms with E-state index in [9.17, 15) is 9.59 Å². The van der Waals surface area contributed by atoms with Crippen LogP contribution in [0, 0.1) is 11.3 Å². The van der Waals surface area contributed by atoms with Crippen molar-refractivity contribution in [2.24, 2.45) is 22.2 Å². The molecule has 0 aromatic carbocycles. The van der Waals surface area contributed by atoms with Crippen LogP contribution < -0.4 is 11.1 Å². The first-order valence-corrected chi connectivity index (χ1v) is 7.45. The first kappa shape index (κ1) is 17.3. The second kappa shape index (κ2) is 7.28. The molecule has 0 aromatic heterocycles. The molecule has 1 aliphatic rings. The number of amides is 2. The summed E-state index contributed by atoms with van der Waals surface area (Å²) in [4.78, 5) is 26.3. The molecule has 0 spiro atoms. The first-order valence-electron chi connectivity index (χ1n) is 7.45. The zero-order valence-electron chi connectivity index (χ0n) is 13.1. The summed E-state index contributed by atoms with van der Waals surface area (Å²) in [6.07, 6.45) is 2.47. The van der Waals surface area contributed by atoms with Gasteiger partial charge in [-0.3, -0.25) is 9.59 Å². The molecule has 4 N–H and O–H groups in total. The maximum absolute atomic E-state index is 12.9. The van der Waals surface area contributed by atoms with Crippen molar-refractivity contribution in [3.05, 3.63) is 0 Å². The van der Waals surface area contributed by atoms with Crippen molar-refractivity contribution in [3.8, 4) is 0 Å². The van der Waals surface area contributed by atoms with Gasteiger partial charge < -0.3 is 21.2 Å². The van der Waals surface area contributed by atoms with E-state index in [4.69, 9.17) is 10.9 Å². The van der Waals surface area contributed by atoms with Crippen molar-refractivity contribution in [1.29, 1.82) is 0 Å². The molecule has 0 aromatic rings. The molecule has 1 rings (SSSR count). The first-order chi connectivity index (χ1) is 9.96. The van der Waals surface area contributed by atoms with E-state index in [1.807, 2.05) is 13.8 Å². The molecule has 0 bridgehead atoms. The molecular formula is C14H26N4O3. The highest BCUT2D eigenvalue weighted by Crippen LogP contribution is 2.31. The van der Waals surface area contributed by atoms with E-state index >= 15 is 0 Å². The Morgan fingerprint density at radius 1 is 1.43 bits per heavy atom. The fourth-order valence-corrected chi connectivity index (χ4v) is 3.00. The summed E-state index contributed by atoms with van der Waals surface area (Å²) in [5.74, 6) is -0.447. The van der Waals surface area contributed by atoms with E-state index in [2.05, 4.69) is 10.5 Å². The number of nitrogens with zero attached hydrogens (tertiary/aromatic N) is 2. The van der Waals surface area contributed by atoms with E-state index in [0.29, 0.717) is 25.9 Å². The summed E-state index contributed by atoms with van der Waals surface area (Å²) in [6, 6.07) is 0. The van der Waals surface area contributed by atoms with Gasteiger partial charge in [-0.25, -0.2) is 0 Å². The number of hydrogen-bond donors (Lipinski definition) is 3. The molecule has 1 heterocycles. The zero-order valence-corrected chi connectivity index (χ0v) is 13.1. The van der Waals surface area contributed by atoms with Gasteiger partial charge in [0.1, 0.15) is 5.41 Å². The van der Waals surface area contributed by atoms with Gasteiger partial charge >= 0.3 is 0 Å². The minimum Gasteiger partial charge on any atom is -0.409 e. The Labute approximate surface area is 125 Å². The van der Waals surface area contributed by atoms with Crippen molar-refractivity contribution in [1.82, 2.24) is 10.2 Å². The maximum Gasteiger partial charge on any atom is 0.236 e. The molecule has 7 nitrogen and oxygen atoms in total. The molecule has 1 fully saturated rings. The number of amidine groups is 1. The van der Waals surface area contributed by atoms with Crippen LogP contribution in [0.2, 0.25) is 0 Å². The highest BCUT2D eigenvalue weighted by Gasteiger charge is 2.44. The lowest BCUT2D eigenvalue weighted by Gasteiger charge is -2.39. The lowest BCUT2D eigenvalue weighted by Crippen LogP contribution is -2.54. The highest BCUT2D eigenvalue weighted by atomic mass is 16.4. The second-order valence-electron chi connectivity index (χ2n) is 5.48. The summed E-state index contributed by atoms with van der Waals surface area (Å²) in [6.45, 7) is 4.69. The number of oxime groups is 1. The number of likely N-dealkylation sites (tertiary alicyclic amines) is 1. The molecule has 21 heavy (non-hydrogen) atoms. The van der Waals surface area contributed by atoms with Crippen molar-refractivity contribution >= 4 is 17.6 Å². The molecule has 0 radical (unpaired) electrons. The van der Waals surface area contributed by atoms with Gasteiger partial charge in [0, 0.05) is 20.1 Å². The third-order valence-corrected chi connectivity index (χ3v) is 4.54. The molecule has 2 amide bonds. The van der Waals surface area contributed by atoms with Crippen LogP contribution in [0.25, 0.3) is 0 Å². The van der Waals surface area contributed by atoms with Crippen molar-refractivity contribution in [3.63, 3.8) is 0 Å². The van der Waals surface area contributed by atoms with Crippen LogP contribution in [-0.2, 0) is 9.59 Å². The van der Waals surface area contributed by atoms with Crippen LogP contribution in [0.5, 0.6) is 0 Å². The van der Waals surface area contributed by atoms with Crippen molar-refractivity contribution < 1.29 is 14.8 Å². The molecule has 7 heteroatoms. The molecule has 0 aliphatic carbocycles. The van der Waals surface area contributed by atoms with E-state index in [1.165, 1.54) is 0 Å². The lowest BCUT2D eigenvalue weighted by molar-refractivity contribution is -0.142. The van der Waals surface area contributed by atoms with Crippen LogP contribution in [0.15, 0.2) is 5.16 Å². The van der Waals surface area contributed by atoms with Gasteiger partial charge in [-0.05, 0) is 25.7 Å². The van der Waals surface area contributed by atoms with Crippen molar-refractivity contribution in [2.45, 2.75) is 39.5 Å². The quantitative estimate of drug-likeness (QED) is 0.298. The minimum atomic E-state index is -0.987.